The van der Waals surface area contributed by atoms with Crippen LogP contribution in [0.1, 0.15) is 175 Å². The third kappa shape index (κ3) is 7.94. The fourth-order valence-corrected chi connectivity index (χ4v) is 11.1. The van der Waals surface area contributed by atoms with Crippen molar-refractivity contribution in [2.45, 2.75) is 149 Å². The van der Waals surface area contributed by atoms with Crippen LogP contribution in [0.4, 0.5) is 0 Å². The standard InChI is InChI=1S/C53H68O/c1-10-11-13-34(4)42-27-38-16-18-40(29-43(38)31-42)49-24-25-50(52(49)37-20-22-46(23-21-37)53(7,8)9)41-19-17-39-28-45(32-44(39)30-41)48-15-12-14-47(48)36(6)51(33(2)3)26-35(5)54/h16-23,29-34,47-52H,6,10-15,24-28H2,1-5,7-9H3/t34-,47?,48?,49+,50+,51-,52?/m0/s1. The fraction of sp³-hybridized carbons (Fsp3) is 0.528. The second kappa shape index (κ2) is 16.0. The van der Waals surface area contributed by atoms with E-state index in [4.69, 9.17) is 6.58 Å². The molecule has 0 heterocycles. The second-order valence-electron chi connectivity index (χ2n) is 19.4. The van der Waals surface area contributed by atoms with E-state index in [1.54, 1.807) is 18.1 Å². The van der Waals surface area contributed by atoms with E-state index in [1.807, 2.05) is 0 Å². The van der Waals surface area contributed by atoms with E-state index in [0.717, 1.165) is 12.8 Å². The van der Waals surface area contributed by atoms with Crippen molar-refractivity contribution < 1.29 is 4.79 Å². The van der Waals surface area contributed by atoms with Gasteiger partial charge in [-0.15, -0.1) is 0 Å². The molecule has 54 heavy (non-hydrogen) atoms. The summed E-state index contributed by atoms with van der Waals surface area (Å²) in [6.07, 6.45) is 18.0. The Kier molecular flexibility index (Phi) is 11.5. The summed E-state index contributed by atoms with van der Waals surface area (Å²) in [4.78, 5) is 12.2. The molecule has 2 saturated carbocycles. The number of carbonyl (C=O) groups excluding carboxylic acids is 1. The van der Waals surface area contributed by atoms with Gasteiger partial charge in [0, 0.05) is 6.42 Å². The number of benzene rings is 3. The quantitative estimate of drug-likeness (QED) is 0.161. The Morgan fingerprint density at radius 1 is 0.778 bits per heavy atom. The van der Waals surface area contributed by atoms with Crippen LogP contribution in [0.15, 0.2) is 84.0 Å². The number of Topliss-reactive ketones (excluding diaryl/α,β-unsaturated/α-hetero) is 1. The van der Waals surface area contributed by atoms with Gasteiger partial charge in [-0.05, 0) is 149 Å². The molecule has 0 N–H and O–H groups in total. The highest BCUT2D eigenvalue weighted by Crippen LogP contribution is 2.55. The maximum Gasteiger partial charge on any atom is 0.130 e. The normalized spacial score (nSPS) is 24.6. The third-order valence-corrected chi connectivity index (χ3v) is 14.4. The number of hydrogen-bond donors (Lipinski definition) is 0. The van der Waals surface area contributed by atoms with Crippen LogP contribution in [-0.4, -0.2) is 5.78 Å². The number of rotatable bonds is 13. The maximum atomic E-state index is 12.2. The van der Waals surface area contributed by atoms with Crippen LogP contribution in [0.3, 0.4) is 0 Å². The number of allylic oxidation sites excluding steroid dienone is 3. The number of ketones is 1. The highest BCUT2D eigenvalue weighted by atomic mass is 16.1. The average molecular weight is 721 g/mol. The molecule has 286 valence electrons. The molecular formula is C53H68O. The molecule has 3 unspecified atom stereocenters. The molecule has 1 nitrogen and oxygen atoms in total. The van der Waals surface area contributed by atoms with Gasteiger partial charge in [-0.1, -0.05) is 164 Å². The van der Waals surface area contributed by atoms with Crippen molar-refractivity contribution in [3.63, 3.8) is 0 Å². The lowest BCUT2D eigenvalue weighted by Gasteiger charge is -2.31. The van der Waals surface area contributed by atoms with E-state index < -0.39 is 0 Å². The van der Waals surface area contributed by atoms with Crippen LogP contribution in [0, 0.1) is 29.6 Å². The summed E-state index contributed by atoms with van der Waals surface area (Å²) in [5.74, 6) is 4.17. The van der Waals surface area contributed by atoms with Crippen molar-refractivity contribution in [3.8, 4) is 0 Å². The lowest BCUT2D eigenvalue weighted by molar-refractivity contribution is -0.118. The van der Waals surface area contributed by atoms with Crippen LogP contribution in [0.2, 0.25) is 0 Å². The first-order chi connectivity index (χ1) is 25.8. The molecule has 7 atom stereocenters. The minimum absolute atomic E-state index is 0.142. The van der Waals surface area contributed by atoms with Crippen LogP contribution >= 0.6 is 0 Å². The van der Waals surface area contributed by atoms with E-state index in [-0.39, 0.29) is 17.1 Å². The number of hydrogen-bond acceptors (Lipinski definition) is 1. The van der Waals surface area contributed by atoms with Crippen molar-refractivity contribution >= 4 is 17.9 Å². The molecule has 0 aromatic heterocycles. The Hall–Kier alpha value is -3.45. The zero-order chi connectivity index (χ0) is 38.3. The van der Waals surface area contributed by atoms with Crippen LogP contribution in [0.5, 0.6) is 0 Å². The number of fused-ring (bicyclic) bond motifs is 2. The van der Waals surface area contributed by atoms with E-state index >= 15 is 0 Å². The summed E-state index contributed by atoms with van der Waals surface area (Å²) in [6.45, 7) is 22.7. The lowest BCUT2D eigenvalue weighted by Crippen LogP contribution is -2.23. The Morgan fingerprint density at radius 3 is 1.98 bits per heavy atom. The van der Waals surface area contributed by atoms with E-state index in [1.165, 1.54) is 101 Å². The first-order valence-corrected chi connectivity index (χ1v) is 21.8. The molecule has 0 aliphatic heterocycles. The Labute approximate surface area is 328 Å². The molecular weight excluding hydrogens is 653 g/mol. The van der Waals surface area contributed by atoms with Gasteiger partial charge in [-0.25, -0.2) is 0 Å². The van der Waals surface area contributed by atoms with E-state index in [2.05, 4.69) is 121 Å². The molecule has 1 heteroatoms. The smallest absolute Gasteiger partial charge is 0.130 e. The first-order valence-electron chi connectivity index (χ1n) is 21.8. The van der Waals surface area contributed by atoms with Gasteiger partial charge in [0.1, 0.15) is 5.78 Å². The summed E-state index contributed by atoms with van der Waals surface area (Å²) in [6, 6.07) is 24.8. The van der Waals surface area contributed by atoms with E-state index in [9.17, 15) is 4.79 Å². The van der Waals surface area contributed by atoms with Gasteiger partial charge in [0.15, 0.2) is 0 Å². The predicted octanol–water partition coefficient (Wildman–Crippen LogP) is 14.4. The largest absolute Gasteiger partial charge is 0.300 e. The summed E-state index contributed by atoms with van der Waals surface area (Å²) >= 11 is 0. The number of carbonyl (C=O) groups is 1. The van der Waals surface area contributed by atoms with Crippen molar-refractivity contribution in [2.24, 2.45) is 29.6 Å². The minimum atomic E-state index is 0.142. The van der Waals surface area contributed by atoms with Crippen LogP contribution in [0.25, 0.3) is 12.2 Å². The SMILES string of the molecule is C=C(C1CCCC1C1=Cc2cc([C@H]3CC[C@H](c4ccc5c(c4)C=C([C@@H](C)CCCC)C5)C3c3ccc(C(C)(C)C)cc3)ccc2C1)[C@@H](CC(C)=O)C(C)C. The first kappa shape index (κ1) is 38.8. The second-order valence-corrected chi connectivity index (χ2v) is 19.4. The summed E-state index contributed by atoms with van der Waals surface area (Å²) in [5, 5.41) is 0. The molecule has 2 fully saturated rings. The van der Waals surface area contributed by atoms with E-state index in [0.29, 0.717) is 47.8 Å². The Balaban J connectivity index is 1.18. The molecule has 4 aliphatic carbocycles. The van der Waals surface area contributed by atoms with Gasteiger partial charge in [0.25, 0.3) is 0 Å². The summed E-state index contributed by atoms with van der Waals surface area (Å²) in [5.41, 5.74) is 16.6. The topological polar surface area (TPSA) is 17.1 Å². The average Bonchev–Trinajstić information content (AvgIpc) is 3.96. The maximum absolute atomic E-state index is 12.2. The van der Waals surface area contributed by atoms with Gasteiger partial charge in [-0.2, -0.15) is 0 Å². The molecule has 0 bridgehead atoms. The van der Waals surface area contributed by atoms with Gasteiger partial charge in [-0.3, -0.25) is 0 Å². The fourth-order valence-electron chi connectivity index (χ4n) is 11.1. The van der Waals surface area contributed by atoms with Crippen molar-refractivity contribution in [1.29, 1.82) is 0 Å². The van der Waals surface area contributed by atoms with Gasteiger partial charge in [0.05, 0.1) is 0 Å². The monoisotopic (exact) mass is 721 g/mol. The van der Waals surface area contributed by atoms with Crippen LogP contribution in [-0.2, 0) is 23.1 Å². The molecule has 3 aromatic carbocycles. The van der Waals surface area contributed by atoms with Gasteiger partial charge >= 0.3 is 0 Å². The predicted molar refractivity (Wildman–Crippen MR) is 231 cm³/mol. The molecule has 3 aromatic rings. The van der Waals surface area contributed by atoms with Gasteiger partial charge < -0.3 is 4.79 Å². The molecule has 0 spiro atoms. The molecule has 0 radical (unpaired) electrons. The Bertz CT molecular complexity index is 1910. The Morgan fingerprint density at radius 2 is 1.39 bits per heavy atom. The van der Waals surface area contributed by atoms with Crippen molar-refractivity contribution in [2.75, 3.05) is 0 Å². The molecule has 4 aliphatic rings. The molecule has 0 saturated heterocycles. The zero-order valence-corrected chi connectivity index (χ0v) is 34.9. The van der Waals surface area contributed by atoms with Crippen LogP contribution < -0.4 is 0 Å². The van der Waals surface area contributed by atoms with Crippen molar-refractivity contribution in [3.05, 3.63) is 128 Å². The summed E-state index contributed by atoms with van der Waals surface area (Å²) < 4.78 is 0. The third-order valence-electron chi connectivity index (χ3n) is 14.4. The molecule has 0 amide bonds. The van der Waals surface area contributed by atoms with Crippen molar-refractivity contribution in [1.82, 2.24) is 0 Å². The highest BCUT2D eigenvalue weighted by Gasteiger charge is 2.41. The number of unbranched alkanes of at least 4 members (excludes halogenated alkanes) is 1. The molecule has 7 rings (SSSR count). The summed E-state index contributed by atoms with van der Waals surface area (Å²) in [7, 11) is 0. The zero-order valence-electron chi connectivity index (χ0n) is 34.9. The minimum Gasteiger partial charge on any atom is -0.300 e. The van der Waals surface area contributed by atoms with Gasteiger partial charge in [0.2, 0.25) is 0 Å². The highest BCUT2D eigenvalue weighted by molar-refractivity contribution is 5.76. The lowest BCUT2D eigenvalue weighted by atomic mass is 9.74.